The number of carboxylic acid groups (broad SMARTS) is 1. The van der Waals surface area contributed by atoms with Gasteiger partial charge < -0.3 is 15.2 Å². The maximum atomic E-state index is 12.1. The van der Waals surface area contributed by atoms with E-state index in [1.807, 2.05) is 48.5 Å². The Morgan fingerprint density at radius 1 is 1.08 bits per heavy atom. The second kappa shape index (κ2) is 8.72. The summed E-state index contributed by atoms with van der Waals surface area (Å²) in [4.78, 5) is 23.5. The van der Waals surface area contributed by atoms with Gasteiger partial charge in [-0.15, -0.1) is 0 Å². The Morgan fingerprint density at radius 2 is 1.75 bits per heavy atom. The Labute approximate surface area is 141 Å². The van der Waals surface area contributed by atoms with Crippen LogP contribution in [0.2, 0.25) is 0 Å². The standard InChI is InChI=1S/C19H21NO4/c1-24-17-10-6-5-9-15(17)12-18(21)20-13-16(19(22)23)11-14-7-3-2-4-8-14/h2-10,16H,11-13H2,1H3,(H,20,21)(H,22,23). The van der Waals surface area contributed by atoms with Crippen molar-refractivity contribution in [2.75, 3.05) is 13.7 Å². The van der Waals surface area contributed by atoms with E-state index in [1.165, 1.54) is 0 Å². The molecule has 5 heteroatoms. The predicted octanol–water partition coefficient (Wildman–Crippen LogP) is 2.30. The molecule has 0 radical (unpaired) electrons. The first-order valence-electron chi connectivity index (χ1n) is 7.75. The van der Waals surface area contributed by atoms with Crippen molar-refractivity contribution in [3.63, 3.8) is 0 Å². The third-order valence-electron chi connectivity index (χ3n) is 3.76. The summed E-state index contributed by atoms with van der Waals surface area (Å²) in [5.41, 5.74) is 1.70. The van der Waals surface area contributed by atoms with Crippen LogP contribution < -0.4 is 10.1 Å². The second-order valence-electron chi connectivity index (χ2n) is 5.52. The van der Waals surface area contributed by atoms with E-state index in [1.54, 1.807) is 13.2 Å². The third kappa shape index (κ3) is 5.12. The van der Waals surface area contributed by atoms with Gasteiger partial charge in [-0.3, -0.25) is 9.59 Å². The van der Waals surface area contributed by atoms with Crippen molar-refractivity contribution >= 4 is 11.9 Å². The zero-order valence-electron chi connectivity index (χ0n) is 13.6. The van der Waals surface area contributed by atoms with E-state index in [-0.39, 0.29) is 18.9 Å². The molecule has 5 nitrogen and oxygen atoms in total. The molecule has 0 fully saturated rings. The van der Waals surface area contributed by atoms with Crippen molar-refractivity contribution in [1.82, 2.24) is 5.32 Å². The Bertz CT molecular complexity index is 685. The van der Waals surface area contributed by atoms with Gasteiger partial charge in [0.25, 0.3) is 0 Å². The number of aliphatic carboxylic acids is 1. The van der Waals surface area contributed by atoms with Crippen LogP contribution in [-0.2, 0) is 22.4 Å². The predicted molar refractivity (Wildman–Crippen MR) is 91.0 cm³/mol. The van der Waals surface area contributed by atoms with Crippen molar-refractivity contribution < 1.29 is 19.4 Å². The molecule has 0 spiro atoms. The molecule has 0 aromatic heterocycles. The molecule has 0 saturated carbocycles. The number of ether oxygens (including phenoxy) is 1. The highest BCUT2D eigenvalue weighted by atomic mass is 16.5. The highest BCUT2D eigenvalue weighted by Gasteiger charge is 2.19. The number of nitrogens with one attached hydrogen (secondary N) is 1. The molecule has 2 aromatic rings. The minimum absolute atomic E-state index is 0.0954. The van der Waals surface area contributed by atoms with Crippen LogP contribution in [0.4, 0.5) is 0 Å². The number of rotatable bonds is 8. The number of carboxylic acids is 1. The number of carbonyl (C=O) groups excluding carboxylic acids is 1. The minimum atomic E-state index is -0.920. The third-order valence-corrected chi connectivity index (χ3v) is 3.76. The van der Waals surface area contributed by atoms with Crippen LogP contribution >= 0.6 is 0 Å². The average Bonchev–Trinajstić information content (AvgIpc) is 2.59. The van der Waals surface area contributed by atoms with Gasteiger partial charge in [-0.25, -0.2) is 0 Å². The Balaban J connectivity index is 1.91. The van der Waals surface area contributed by atoms with E-state index in [4.69, 9.17) is 4.74 Å². The van der Waals surface area contributed by atoms with Gasteiger partial charge in [0.1, 0.15) is 5.75 Å². The zero-order valence-corrected chi connectivity index (χ0v) is 13.6. The van der Waals surface area contributed by atoms with E-state index in [0.717, 1.165) is 11.1 Å². The normalized spacial score (nSPS) is 11.5. The Hall–Kier alpha value is -2.82. The van der Waals surface area contributed by atoms with Gasteiger partial charge in [-0.05, 0) is 18.1 Å². The highest BCUT2D eigenvalue weighted by Crippen LogP contribution is 2.17. The molecule has 24 heavy (non-hydrogen) atoms. The van der Waals surface area contributed by atoms with Crippen LogP contribution in [0.3, 0.4) is 0 Å². The maximum absolute atomic E-state index is 12.1. The number of carbonyl (C=O) groups is 2. The van der Waals surface area contributed by atoms with Crippen molar-refractivity contribution in [3.8, 4) is 5.75 Å². The molecule has 126 valence electrons. The first kappa shape index (κ1) is 17.5. The number of hydrogen-bond acceptors (Lipinski definition) is 3. The molecule has 0 aliphatic carbocycles. The van der Waals surface area contributed by atoms with Gasteiger partial charge in [0, 0.05) is 12.1 Å². The molecule has 0 saturated heterocycles. The van der Waals surface area contributed by atoms with Gasteiger partial charge >= 0.3 is 5.97 Å². The molecule has 1 unspecified atom stereocenters. The molecular formula is C19H21NO4. The molecule has 2 N–H and O–H groups in total. The molecule has 1 atom stereocenters. The van der Waals surface area contributed by atoms with Crippen molar-refractivity contribution in [1.29, 1.82) is 0 Å². The Morgan fingerprint density at radius 3 is 2.42 bits per heavy atom. The van der Waals surface area contributed by atoms with Crippen LogP contribution in [0.25, 0.3) is 0 Å². The Kier molecular flexibility index (Phi) is 6.37. The summed E-state index contributed by atoms with van der Waals surface area (Å²) < 4.78 is 5.21. The van der Waals surface area contributed by atoms with E-state index < -0.39 is 11.9 Å². The largest absolute Gasteiger partial charge is 0.496 e. The topological polar surface area (TPSA) is 75.6 Å². The van der Waals surface area contributed by atoms with Crippen molar-refractivity contribution in [3.05, 3.63) is 65.7 Å². The number of hydrogen-bond donors (Lipinski definition) is 2. The number of methoxy groups -OCH3 is 1. The number of para-hydroxylation sites is 1. The molecule has 2 rings (SSSR count). The summed E-state index contributed by atoms with van der Waals surface area (Å²) in [6.07, 6.45) is 0.535. The monoisotopic (exact) mass is 327 g/mol. The van der Waals surface area contributed by atoms with Gasteiger partial charge in [0.05, 0.1) is 19.4 Å². The molecular weight excluding hydrogens is 306 g/mol. The van der Waals surface area contributed by atoms with E-state index in [2.05, 4.69) is 5.32 Å². The fourth-order valence-electron chi connectivity index (χ4n) is 2.47. The van der Waals surface area contributed by atoms with Gasteiger partial charge in [0.15, 0.2) is 0 Å². The van der Waals surface area contributed by atoms with Crippen LogP contribution in [0.5, 0.6) is 5.75 Å². The van der Waals surface area contributed by atoms with Crippen molar-refractivity contribution in [2.45, 2.75) is 12.8 Å². The number of benzene rings is 2. The summed E-state index contributed by atoms with van der Waals surface area (Å²) in [6.45, 7) is 0.0954. The lowest BCUT2D eigenvalue weighted by atomic mass is 9.99. The molecule has 0 aliphatic rings. The highest BCUT2D eigenvalue weighted by molar-refractivity contribution is 5.80. The van der Waals surface area contributed by atoms with Crippen molar-refractivity contribution in [2.24, 2.45) is 5.92 Å². The summed E-state index contributed by atoms with van der Waals surface area (Å²) in [6, 6.07) is 16.7. The van der Waals surface area contributed by atoms with Crippen LogP contribution in [0.1, 0.15) is 11.1 Å². The number of amides is 1. The molecule has 1 amide bonds. The van der Waals surface area contributed by atoms with Gasteiger partial charge in [-0.2, -0.15) is 0 Å². The average molecular weight is 327 g/mol. The molecule has 0 bridgehead atoms. The van der Waals surface area contributed by atoms with E-state index in [9.17, 15) is 14.7 Å². The quantitative estimate of drug-likeness (QED) is 0.780. The lowest BCUT2D eigenvalue weighted by molar-refractivity contribution is -0.141. The van der Waals surface area contributed by atoms with Crippen LogP contribution in [0, 0.1) is 5.92 Å². The van der Waals surface area contributed by atoms with E-state index >= 15 is 0 Å². The van der Waals surface area contributed by atoms with E-state index in [0.29, 0.717) is 12.2 Å². The maximum Gasteiger partial charge on any atom is 0.308 e. The van der Waals surface area contributed by atoms with Gasteiger partial charge in [-0.1, -0.05) is 48.5 Å². The fourth-order valence-corrected chi connectivity index (χ4v) is 2.47. The smallest absolute Gasteiger partial charge is 0.308 e. The summed E-state index contributed by atoms with van der Waals surface area (Å²) in [5.74, 6) is -1.16. The first-order valence-corrected chi connectivity index (χ1v) is 7.75. The van der Waals surface area contributed by atoms with Crippen LogP contribution in [-0.4, -0.2) is 30.6 Å². The fraction of sp³-hybridized carbons (Fsp3) is 0.263. The molecule has 2 aromatic carbocycles. The van der Waals surface area contributed by atoms with Gasteiger partial charge in [0.2, 0.25) is 5.91 Å². The summed E-state index contributed by atoms with van der Waals surface area (Å²) in [7, 11) is 1.55. The summed E-state index contributed by atoms with van der Waals surface area (Å²) in [5, 5.41) is 12.1. The SMILES string of the molecule is COc1ccccc1CC(=O)NCC(Cc1ccccc1)C(=O)O. The molecule has 0 aliphatic heterocycles. The zero-order chi connectivity index (χ0) is 17.4. The second-order valence-corrected chi connectivity index (χ2v) is 5.52. The lowest BCUT2D eigenvalue weighted by Crippen LogP contribution is -2.35. The summed E-state index contributed by atoms with van der Waals surface area (Å²) >= 11 is 0. The van der Waals surface area contributed by atoms with Crippen LogP contribution in [0.15, 0.2) is 54.6 Å². The lowest BCUT2D eigenvalue weighted by Gasteiger charge is -2.14. The molecule has 0 heterocycles. The first-order chi connectivity index (χ1) is 11.6. The minimum Gasteiger partial charge on any atom is -0.496 e.